The van der Waals surface area contributed by atoms with Crippen LogP contribution in [0, 0.1) is 6.92 Å². The number of halogens is 1. The zero-order valence-electron chi connectivity index (χ0n) is 10.6. The van der Waals surface area contributed by atoms with Gasteiger partial charge in [-0.15, -0.1) is 0 Å². The maximum Gasteiger partial charge on any atom is 0.253 e. The third kappa shape index (κ3) is 3.48. The molecule has 0 unspecified atom stereocenters. The zero-order chi connectivity index (χ0) is 13.8. The molecule has 0 aliphatic rings. The molecule has 4 heteroatoms. The summed E-state index contributed by atoms with van der Waals surface area (Å²) in [7, 11) is 0. The van der Waals surface area contributed by atoms with Gasteiger partial charge in [0.15, 0.2) is 0 Å². The van der Waals surface area contributed by atoms with Gasteiger partial charge in [-0.05, 0) is 36.8 Å². The maximum absolute atomic E-state index is 12.0. The summed E-state index contributed by atoms with van der Waals surface area (Å²) in [4.78, 5) is 12.0. The van der Waals surface area contributed by atoms with Crippen molar-refractivity contribution >= 4 is 23.2 Å². The molecule has 0 saturated carbocycles. The summed E-state index contributed by atoms with van der Waals surface area (Å²) in [6.45, 7) is 2.37. The predicted molar refractivity (Wildman–Crippen MR) is 78.2 cm³/mol. The van der Waals surface area contributed by atoms with Crippen molar-refractivity contribution in [3.8, 4) is 0 Å². The Morgan fingerprint density at radius 3 is 2.58 bits per heavy atom. The molecule has 2 aromatic carbocycles. The summed E-state index contributed by atoms with van der Waals surface area (Å²) < 4.78 is 0. The van der Waals surface area contributed by atoms with Gasteiger partial charge in [-0.3, -0.25) is 4.79 Å². The first-order chi connectivity index (χ1) is 9.06. The van der Waals surface area contributed by atoms with Crippen molar-refractivity contribution in [1.82, 2.24) is 5.32 Å². The molecule has 0 aromatic heterocycles. The van der Waals surface area contributed by atoms with Crippen LogP contribution >= 0.6 is 11.6 Å². The van der Waals surface area contributed by atoms with Gasteiger partial charge in [0.05, 0.1) is 5.56 Å². The Morgan fingerprint density at radius 1 is 1.21 bits per heavy atom. The van der Waals surface area contributed by atoms with E-state index in [9.17, 15) is 4.79 Å². The lowest BCUT2D eigenvalue weighted by Gasteiger charge is -2.08. The van der Waals surface area contributed by atoms with E-state index < -0.39 is 0 Å². The number of carbonyl (C=O) groups excluding carboxylic acids is 1. The largest absolute Gasteiger partial charge is 0.398 e. The highest BCUT2D eigenvalue weighted by molar-refractivity contribution is 6.30. The summed E-state index contributed by atoms with van der Waals surface area (Å²) in [6, 6.07) is 12.8. The van der Waals surface area contributed by atoms with Crippen molar-refractivity contribution in [2.24, 2.45) is 0 Å². The molecule has 0 radical (unpaired) electrons. The normalized spacial score (nSPS) is 10.2. The second-order valence-corrected chi connectivity index (χ2v) is 4.84. The van der Waals surface area contributed by atoms with Crippen LogP contribution in [0.1, 0.15) is 21.5 Å². The standard InChI is InChI=1S/C15H15ClN2O/c1-10-2-7-14(17)13(8-10)15(19)18-9-11-3-5-12(16)6-4-11/h2-8H,9,17H2,1H3,(H,18,19). The van der Waals surface area contributed by atoms with Gasteiger partial charge in [0.2, 0.25) is 0 Å². The van der Waals surface area contributed by atoms with Crippen LogP contribution in [0.5, 0.6) is 0 Å². The maximum atomic E-state index is 12.0. The molecule has 0 fully saturated rings. The Balaban J connectivity index is 2.05. The van der Waals surface area contributed by atoms with Crippen LogP contribution in [0.2, 0.25) is 5.02 Å². The van der Waals surface area contributed by atoms with Gasteiger partial charge >= 0.3 is 0 Å². The number of benzene rings is 2. The lowest BCUT2D eigenvalue weighted by molar-refractivity contribution is 0.0951. The number of rotatable bonds is 3. The zero-order valence-corrected chi connectivity index (χ0v) is 11.4. The van der Waals surface area contributed by atoms with Crippen LogP contribution in [0.3, 0.4) is 0 Å². The quantitative estimate of drug-likeness (QED) is 0.845. The van der Waals surface area contributed by atoms with E-state index in [1.165, 1.54) is 0 Å². The van der Waals surface area contributed by atoms with Gasteiger partial charge in [-0.25, -0.2) is 0 Å². The summed E-state index contributed by atoms with van der Waals surface area (Å²) in [5.41, 5.74) is 8.79. The van der Waals surface area contributed by atoms with Crippen molar-refractivity contribution < 1.29 is 4.79 Å². The Kier molecular flexibility index (Phi) is 4.07. The van der Waals surface area contributed by atoms with Gasteiger partial charge in [-0.1, -0.05) is 35.4 Å². The number of aryl methyl sites for hydroxylation is 1. The summed E-state index contributed by atoms with van der Waals surface area (Å²) in [6.07, 6.45) is 0. The minimum atomic E-state index is -0.170. The summed E-state index contributed by atoms with van der Waals surface area (Å²) >= 11 is 5.80. The average molecular weight is 275 g/mol. The van der Waals surface area contributed by atoms with Crippen LogP contribution in [0.15, 0.2) is 42.5 Å². The molecule has 0 saturated heterocycles. The first-order valence-electron chi connectivity index (χ1n) is 5.95. The molecule has 1 amide bonds. The number of hydrogen-bond acceptors (Lipinski definition) is 2. The van der Waals surface area contributed by atoms with Crippen molar-refractivity contribution in [3.05, 3.63) is 64.2 Å². The number of nitrogens with one attached hydrogen (secondary N) is 1. The molecule has 19 heavy (non-hydrogen) atoms. The van der Waals surface area contributed by atoms with E-state index in [1.807, 2.05) is 25.1 Å². The molecule has 2 aromatic rings. The van der Waals surface area contributed by atoms with Crippen LogP contribution < -0.4 is 11.1 Å². The molecule has 0 bridgehead atoms. The Bertz CT molecular complexity index is 594. The third-order valence-corrected chi connectivity index (χ3v) is 3.07. The Labute approximate surface area is 117 Å². The molecular formula is C15H15ClN2O. The van der Waals surface area contributed by atoms with E-state index in [-0.39, 0.29) is 5.91 Å². The minimum Gasteiger partial charge on any atom is -0.398 e. The van der Waals surface area contributed by atoms with E-state index in [4.69, 9.17) is 17.3 Å². The van der Waals surface area contributed by atoms with Crippen LogP contribution in [0.4, 0.5) is 5.69 Å². The topological polar surface area (TPSA) is 55.1 Å². The number of carbonyl (C=O) groups is 1. The lowest BCUT2D eigenvalue weighted by atomic mass is 10.1. The number of hydrogen-bond donors (Lipinski definition) is 2. The van der Waals surface area contributed by atoms with Crippen LogP contribution in [-0.2, 0) is 6.54 Å². The van der Waals surface area contributed by atoms with E-state index in [1.54, 1.807) is 24.3 Å². The van der Waals surface area contributed by atoms with E-state index in [0.717, 1.165) is 11.1 Å². The molecule has 0 aliphatic heterocycles. The van der Waals surface area contributed by atoms with Crippen molar-refractivity contribution in [1.29, 1.82) is 0 Å². The molecule has 0 heterocycles. The van der Waals surface area contributed by atoms with Gasteiger partial charge < -0.3 is 11.1 Å². The minimum absolute atomic E-state index is 0.170. The molecule has 0 spiro atoms. The molecule has 2 rings (SSSR count). The highest BCUT2D eigenvalue weighted by Gasteiger charge is 2.09. The van der Waals surface area contributed by atoms with Crippen molar-refractivity contribution in [2.75, 3.05) is 5.73 Å². The molecule has 3 N–H and O–H groups in total. The van der Waals surface area contributed by atoms with Crippen molar-refractivity contribution in [3.63, 3.8) is 0 Å². The fraction of sp³-hybridized carbons (Fsp3) is 0.133. The SMILES string of the molecule is Cc1ccc(N)c(C(=O)NCc2ccc(Cl)cc2)c1. The number of amides is 1. The highest BCUT2D eigenvalue weighted by atomic mass is 35.5. The number of nitrogen functional groups attached to an aromatic ring is 1. The first kappa shape index (κ1) is 13.4. The van der Waals surface area contributed by atoms with Gasteiger partial charge in [0.1, 0.15) is 0 Å². The highest BCUT2D eigenvalue weighted by Crippen LogP contribution is 2.14. The molecule has 3 nitrogen and oxygen atoms in total. The van der Waals surface area contributed by atoms with Gasteiger partial charge in [-0.2, -0.15) is 0 Å². The fourth-order valence-electron chi connectivity index (χ4n) is 1.75. The van der Waals surface area contributed by atoms with Gasteiger partial charge in [0, 0.05) is 17.3 Å². The smallest absolute Gasteiger partial charge is 0.253 e. The van der Waals surface area contributed by atoms with Crippen LogP contribution in [0.25, 0.3) is 0 Å². The van der Waals surface area contributed by atoms with E-state index >= 15 is 0 Å². The molecule has 98 valence electrons. The summed E-state index contributed by atoms with van der Waals surface area (Å²) in [5, 5.41) is 3.52. The van der Waals surface area contributed by atoms with Gasteiger partial charge in [0.25, 0.3) is 5.91 Å². The number of anilines is 1. The first-order valence-corrected chi connectivity index (χ1v) is 6.33. The summed E-state index contributed by atoms with van der Waals surface area (Å²) in [5.74, 6) is -0.170. The monoisotopic (exact) mass is 274 g/mol. The van der Waals surface area contributed by atoms with Crippen molar-refractivity contribution in [2.45, 2.75) is 13.5 Å². The van der Waals surface area contributed by atoms with E-state index in [2.05, 4.69) is 5.32 Å². The molecule has 0 aliphatic carbocycles. The average Bonchev–Trinajstić information content (AvgIpc) is 2.40. The number of nitrogens with two attached hydrogens (primary N) is 1. The second kappa shape index (κ2) is 5.76. The second-order valence-electron chi connectivity index (χ2n) is 4.40. The fourth-order valence-corrected chi connectivity index (χ4v) is 1.87. The molecular weight excluding hydrogens is 260 g/mol. The molecule has 0 atom stereocenters. The Morgan fingerprint density at radius 2 is 1.89 bits per heavy atom. The van der Waals surface area contributed by atoms with Crippen LogP contribution in [-0.4, -0.2) is 5.91 Å². The Hall–Kier alpha value is -2.00. The lowest BCUT2D eigenvalue weighted by Crippen LogP contribution is -2.23. The van der Waals surface area contributed by atoms with E-state index in [0.29, 0.717) is 22.8 Å². The third-order valence-electron chi connectivity index (χ3n) is 2.82. The predicted octanol–water partition coefficient (Wildman–Crippen LogP) is 3.16.